The molecule has 0 fully saturated rings. The highest BCUT2D eigenvalue weighted by atomic mass is 16.3. The zero-order valence-corrected chi connectivity index (χ0v) is 3.66. The fourth-order valence-electron chi connectivity index (χ4n) is 0.343. The summed E-state index contributed by atoms with van der Waals surface area (Å²) in [4.78, 5) is 10.1. The number of nitrogens with one attached hydrogen (secondary N) is 1. The van der Waals surface area contributed by atoms with Gasteiger partial charge < -0.3 is 0 Å². The molecule has 1 heterocycles. The molecule has 0 saturated carbocycles. The van der Waals surface area contributed by atoms with Crippen molar-refractivity contribution in [3.8, 4) is 0 Å². The molecule has 1 aromatic rings. The van der Waals surface area contributed by atoms with Crippen molar-refractivity contribution in [2.75, 3.05) is 0 Å². The first-order valence-corrected chi connectivity index (χ1v) is 1.95. The van der Waals surface area contributed by atoms with E-state index < -0.39 is 0 Å². The third kappa shape index (κ3) is 0.855. The first-order valence-electron chi connectivity index (χ1n) is 1.95. The summed E-state index contributed by atoms with van der Waals surface area (Å²) >= 11 is 0. The number of H-pyrrole nitrogens is 1. The van der Waals surface area contributed by atoms with Crippen LogP contribution in [0.2, 0.25) is 0 Å². The molecule has 1 aromatic heterocycles. The van der Waals surface area contributed by atoms with Crippen molar-refractivity contribution >= 4 is 0 Å². The van der Waals surface area contributed by atoms with Crippen molar-refractivity contribution in [2.45, 2.75) is 0 Å². The Morgan fingerprint density at radius 3 is 2.57 bits per heavy atom. The van der Waals surface area contributed by atoms with Crippen LogP contribution in [0.4, 0.5) is 0 Å². The number of aromatic amines is 1. The van der Waals surface area contributed by atoms with E-state index in [2.05, 4.69) is 5.10 Å². The summed E-state index contributed by atoms with van der Waals surface area (Å²) in [5.74, 6) is 0. The normalized spacial score (nSPS) is 8.57. The number of rotatable bonds is 0. The van der Waals surface area contributed by atoms with Crippen LogP contribution in [0, 0.1) is 4.91 Å². The Morgan fingerprint density at radius 2 is 2.29 bits per heavy atom. The van der Waals surface area contributed by atoms with Gasteiger partial charge in [0.2, 0.25) is 0 Å². The van der Waals surface area contributed by atoms with E-state index in [0.717, 1.165) is 0 Å². The molecular formula is C4H5N2O+. The van der Waals surface area contributed by atoms with Gasteiger partial charge in [-0.25, -0.2) is 0 Å². The Balaban J connectivity index is 3.28. The molecule has 0 saturated heterocycles. The van der Waals surface area contributed by atoms with Crippen LogP contribution in [-0.2, 0) is 0 Å². The third-order valence-electron chi connectivity index (χ3n) is 0.631. The molecule has 0 unspecified atom stereocenters. The maximum atomic E-state index is 10.1. The lowest BCUT2D eigenvalue weighted by atomic mass is 10.6. The Labute approximate surface area is 40.2 Å². The Bertz CT molecular complexity index is 175. The van der Waals surface area contributed by atoms with Gasteiger partial charge >= 0.3 is 0 Å². The van der Waals surface area contributed by atoms with Crippen LogP contribution in [0.1, 0.15) is 0 Å². The monoisotopic (exact) mass is 97.0 g/mol. The van der Waals surface area contributed by atoms with Gasteiger partial charge in [-0.05, 0) is 6.07 Å². The molecular weight excluding hydrogens is 92.1 g/mol. The zero-order valence-electron chi connectivity index (χ0n) is 3.66. The molecule has 0 aliphatic heterocycles. The van der Waals surface area contributed by atoms with Crippen molar-refractivity contribution in [3.05, 3.63) is 29.4 Å². The van der Waals surface area contributed by atoms with E-state index in [1.807, 2.05) is 0 Å². The lowest BCUT2D eigenvalue weighted by molar-refractivity contribution is -0.564. The number of aromatic nitrogens is 2. The minimum absolute atomic E-state index is 0.625. The average Bonchev–Trinajstić information content (AvgIpc) is 1.69. The standard InChI is InChI=1S/C4H5N2O/c7-6-4-2-1-3-5-6/h1-4H,(H,5,7)/q+1. The maximum absolute atomic E-state index is 10.1. The van der Waals surface area contributed by atoms with Crippen molar-refractivity contribution in [1.82, 2.24) is 5.10 Å². The van der Waals surface area contributed by atoms with E-state index in [-0.39, 0.29) is 0 Å². The smallest absolute Gasteiger partial charge is 0.122 e. The highest BCUT2D eigenvalue weighted by Crippen LogP contribution is 1.65. The Hall–Kier alpha value is -1.12. The molecule has 7 heavy (non-hydrogen) atoms. The predicted octanol–water partition coefficient (Wildman–Crippen LogP) is -0.0708. The highest BCUT2D eigenvalue weighted by Gasteiger charge is 1.77. The first-order chi connectivity index (χ1) is 3.39. The van der Waals surface area contributed by atoms with E-state index in [9.17, 15) is 4.91 Å². The van der Waals surface area contributed by atoms with Crippen molar-refractivity contribution < 1.29 is 4.54 Å². The minimum atomic E-state index is 0.625. The van der Waals surface area contributed by atoms with Gasteiger partial charge in [-0.3, -0.25) is 0 Å². The van der Waals surface area contributed by atoms with Gasteiger partial charge in [0, 0.05) is 6.07 Å². The highest BCUT2D eigenvalue weighted by molar-refractivity contribution is 4.76. The summed E-state index contributed by atoms with van der Waals surface area (Å²) in [7, 11) is 0. The van der Waals surface area contributed by atoms with E-state index in [1.165, 1.54) is 6.20 Å². The molecule has 0 spiro atoms. The molecule has 3 heteroatoms. The van der Waals surface area contributed by atoms with Gasteiger partial charge in [0.1, 0.15) is 0 Å². The predicted molar refractivity (Wildman–Crippen MR) is 24.2 cm³/mol. The minimum Gasteiger partial charge on any atom is -0.122 e. The topological polar surface area (TPSA) is 38.8 Å². The molecule has 1 N–H and O–H groups in total. The van der Waals surface area contributed by atoms with Crippen LogP contribution >= 0.6 is 0 Å². The van der Waals surface area contributed by atoms with E-state index >= 15 is 0 Å². The number of hydrogen-bond acceptors (Lipinski definition) is 1. The van der Waals surface area contributed by atoms with E-state index in [0.29, 0.717) is 4.54 Å². The maximum Gasteiger partial charge on any atom is 0.257 e. The van der Waals surface area contributed by atoms with Crippen LogP contribution in [0.25, 0.3) is 0 Å². The molecule has 0 amide bonds. The summed E-state index contributed by atoms with van der Waals surface area (Å²) in [6, 6.07) is 3.40. The summed E-state index contributed by atoms with van der Waals surface area (Å²) in [6.45, 7) is 0. The second kappa shape index (κ2) is 1.55. The summed E-state index contributed by atoms with van der Waals surface area (Å²) in [5, 5.41) is 2.39. The third-order valence-corrected chi connectivity index (χ3v) is 0.631. The fourth-order valence-corrected chi connectivity index (χ4v) is 0.343. The second-order valence-corrected chi connectivity index (χ2v) is 1.16. The average molecular weight is 97.1 g/mol. The van der Waals surface area contributed by atoms with E-state index in [1.54, 1.807) is 18.3 Å². The molecule has 36 valence electrons. The summed E-state index contributed by atoms with van der Waals surface area (Å²) in [5.41, 5.74) is 0. The fraction of sp³-hybridized carbons (Fsp3) is 0. The van der Waals surface area contributed by atoms with Gasteiger partial charge in [-0.1, -0.05) is 0 Å². The molecule has 0 radical (unpaired) electrons. The largest absolute Gasteiger partial charge is 0.257 e. The molecule has 0 atom stereocenters. The van der Waals surface area contributed by atoms with Crippen LogP contribution in [0.3, 0.4) is 0 Å². The quantitative estimate of drug-likeness (QED) is 0.452. The Kier molecular flexibility index (Phi) is 0.898. The second-order valence-electron chi connectivity index (χ2n) is 1.16. The van der Waals surface area contributed by atoms with Crippen LogP contribution < -0.4 is 4.54 Å². The van der Waals surface area contributed by atoms with Crippen LogP contribution in [0.15, 0.2) is 24.5 Å². The van der Waals surface area contributed by atoms with Crippen molar-refractivity contribution in [1.29, 1.82) is 0 Å². The number of hydrogen-bond donors (Lipinski definition) is 1. The number of nitrogens with zero attached hydrogens (tertiary/aromatic N) is 1. The van der Waals surface area contributed by atoms with E-state index in [4.69, 9.17) is 0 Å². The van der Waals surface area contributed by atoms with Gasteiger partial charge in [0.05, 0.1) is 11.1 Å². The molecule has 0 aliphatic rings. The van der Waals surface area contributed by atoms with Crippen LogP contribution in [0.5, 0.6) is 0 Å². The summed E-state index contributed by atoms with van der Waals surface area (Å²) < 4.78 is 0.625. The van der Waals surface area contributed by atoms with Gasteiger partial charge in [-0.15, -0.1) is 5.10 Å². The van der Waals surface area contributed by atoms with Crippen molar-refractivity contribution in [3.63, 3.8) is 0 Å². The zero-order chi connectivity index (χ0) is 5.11. The lowest BCUT2D eigenvalue weighted by Crippen LogP contribution is -2.15. The SMILES string of the molecule is O=[n+]1cccc[nH]1. The van der Waals surface area contributed by atoms with Gasteiger partial charge in [-0.2, -0.15) is 0 Å². The molecule has 0 aromatic carbocycles. The van der Waals surface area contributed by atoms with Gasteiger partial charge in [0.15, 0.2) is 4.54 Å². The Morgan fingerprint density at radius 1 is 1.43 bits per heavy atom. The molecule has 1 rings (SSSR count). The first kappa shape index (κ1) is 4.05. The van der Waals surface area contributed by atoms with Crippen molar-refractivity contribution in [2.24, 2.45) is 0 Å². The van der Waals surface area contributed by atoms with Crippen LogP contribution in [-0.4, -0.2) is 5.10 Å². The molecule has 0 aliphatic carbocycles. The lowest BCUT2D eigenvalue weighted by Gasteiger charge is -1.64. The molecule has 0 bridgehead atoms. The van der Waals surface area contributed by atoms with Gasteiger partial charge in [0.25, 0.3) is 6.20 Å². The summed E-state index contributed by atoms with van der Waals surface area (Å²) in [6.07, 6.45) is 2.95. The molecule has 3 nitrogen and oxygen atoms in total.